The smallest absolute Gasteiger partial charge is 0.265 e. The van der Waals surface area contributed by atoms with E-state index in [1.54, 1.807) is 30.5 Å². The van der Waals surface area contributed by atoms with E-state index in [9.17, 15) is 13.2 Å². The predicted molar refractivity (Wildman–Crippen MR) is 116 cm³/mol. The summed E-state index contributed by atoms with van der Waals surface area (Å²) in [5, 5.41) is 2.71. The first-order valence-electron chi connectivity index (χ1n) is 8.69. The number of amides is 1. The zero-order chi connectivity index (χ0) is 20.6. The second kappa shape index (κ2) is 7.78. The van der Waals surface area contributed by atoms with Crippen LogP contribution in [0.5, 0.6) is 0 Å². The third kappa shape index (κ3) is 3.88. The molecular formula is C20H15BrClN3O3S. The van der Waals surface area contributed by atoms with E-state index in [1.807, 2.05) is 12.1 Å². The highest BCUT2D eigenvalue weighted by atomic mass is 79.9. The van der Waals surface area contributed by atoms with E-state index in [-0.39, 0.29) is 15.5 Å². The van der Waals surface area contributed by atoms with Gasteiger partial charge in [0.1, 0.15) is 10.7 Å². The lowest BCUT2D eigenvalue weighted by atomic mass is 10.2. The van der Waals surface area contributed by atoms with Gasteiger partial charge in [-0.05, 0) is 64.3 Å². The standard InChI is InChI=1S/C20H15BrClN3O3S/c21-15-6-8-19(23-12-15)24-20(26)14-5-7-16(22)18(11-14)29(27,28)25-10-9-13-3-1-2-4-17(13)25/h1-8,11-12H,9-10H2,(H,23,24,26). The second-order valence-electron chi connectivity index (χ2n) is 6.42. The van der Waals surface area contributed by atoms with Crippen LogP contribution in [0.25, 0.3) is 0 Å². The number of nitrogens with zero attached hydrogens (tertiary/aromatic N) is 2. The van der Waals surface area contributed by atoms with E-state index in [4.69, 9.17) is 11.6 Å². The quantitative estimate of drug-likeness (QED) is 0.581. The predicted octanol–water partition coefficient (Wildman–Crippen LogP) is 4.50. The molecule has 3 aromatic rings. The fraction of sp³-hybridized carbons (Fsp3) is 0.100. The van der Waals surface area contributed by atoms with Crippen LogP contribution in [0.4, 0.5) is 11.5 Å². The number of halogens is 2. The second-order valence-corrected chi connectivity index (χ2v) is 9.57. The molecule has 1 amide bonds. The Morgan fingerprint density at radius 2 is 1.93 bits per heavy atom. The van der Waals surface area contributed by atoms with Gasteiger partial charge in [0.15, 0.2) is 0 Å². The van der Waals surface area contributed by atoms with Gasteiger partial charge < -0.3 is 5.32 Å². The van der Waals surface area contributed by atoms with Crippen LogP contribution in [0.3, 0.4) is 0 Å². The molecule has 1 aromatic heterocycles. The van der Waals surface area contributed by atoms with Crippen molar-refractivity contribution < 1.29 is 13.2 Å². The SMILES string of the molecule is O=C(Nc1ccc(Br)cn1)c1ccc(Cl)c(S(=O)(=O)N2CCc3ccccc32)c1. The molecule has 9 heteroatoms. The van der Waals surface area contributed by atoms with Crippen molar-refractivity contribution in [3.8, 4) is 0 Å². The summed E-state index contributed by atoms with van der Waals surface area (Å²) in [6, 6.07) is 14.9. The minimum absolute atomic E-state index is 0.0627. The lowest BCUT2D eigenvalue weighted by Gasteiger charge is -2.20. The average molecular weight is 493 g/mol. The summed E-state index contributed by atoms with van der Waals surface area (Å²) in [5.41, 5.74) is 1.77. The van der Waals surface area contributed by atoms with Gasteiger partial charge in [-0.25, -0.2) is 13.4 Å². The first-order chi connectivity index (χ1) is 13.9. The van der Waals surface area contributed by atoms with Crippen molar-refractivity contribution in [1.82, 2.24) is 4.98 Å². The minimum atomic E-state index is -3.92. The van der Waals surface area contributed by atoms with E-state index < -0.39 is 15.9 Å². The lowest BCUT2D eigenvalue weighted by Crippen LogP contribution is -2.29. The maximum absolute atomic E-state index is 13.3. The number of fused-ring (bicyclic) bond motifs is 1. The van der Waals surface area contributed by atoms with E-state index in [0.717, 1.165) is 10.0 Å². The maximum atomic E-state index is 13.3. The number of carbonyl (C=O) groups is 1. The van der Waals surface area contributed by atoms with Gasteiger partial charge in [-0.15, -0.1) is 0 Å². The number of aromatic nitrogens is 1. The third-order valence-corrected chi connectivity index (χ3v) is 7.34. The first-order valence-corrected chi connectivity index (χ1v) is 11.3. The molecule has 1 aliphatic rings. The van der Waals surface area contributed by atoms with E-state index in [1.165, 1.54) is 22.5 Å². The Morgan fingerprint density at radius 3 is 2.69 bits per heavy atom. The highest BCUT2D eigenvalue weighted by Crippen LogP contribution is 2.35. The van der Waals surface area contributed by atoms with Gasteiger partial charge in [-0.3, -0.25) is 9.10 Å². The van der Waals surface area contributed by atoms with E-state index in [2.05, 4.69) is 26.2 Å². The molecule has 1 N–H and O–H groups in total. The molecule has 0 fully saturated rings. The number of sulfonamides is 1. The van der Waals surface area contributed by atoms with Crippen LogP contribution in [0.15, 0.2) is 70.2 Å². The fourth-order valence-electron chi connectivity index (χ4n) is 3.16. The Hall–Kier alpha value is -2.42. The zero-order valence-electron chi connectivity index (χ0n) is 15.0. The first kappa shape index (κ1) is 19.9. The van der Waals surface area contributed by atoms with Crippen LogP contribution in [0.1, 0.15) is 15.9 Å². The number of benzene rings is 2. The molecule has 0 saturated carbocycles. The molecule has 0 aliphatic carbocycles. The number of hydrogen-bond donors (Lipinski definition) is 1. The van der Waals surface area contributed by atoms with Crippen molar-refractivity contribution in [2.24, 2.45) is 0 Å². The summed E-state index contributed by atoms with van der Waals surface area (Å²) in [4.78, 5) is 16.6. The van der Waals surface area contributed by atoms with Crippen molar-refractivity contribution in [2.45, 2.75) is 11.3 Å². The van der Waals surface area contributed by atoms with Gasteiger partial charge in [0, 0.05) is 22.8 Å². The normalized spacial score (nSPS) is 13.2. The van der Waals surface area contributed by atoms with Crippen LogP contribution in [0.2, 0.25) is 5.02 Å². The number of carbonyl (C=O) groups excluding carboxylic acids is 1. The van der Waals surface area contributed by atoms with Crippen LogP contribution in [0, 0.1) is 0 Å². The van der Waals surface area contributed by atoms with Crippen molar-refractivity contribution in [3.05, 3.63) is 81.4 Å². The molecular weight excluding hydrogens is 478 g/mol. The fourth-order valence-corrected chi connectivity index (χ4v) is 5.40. The maximum Gasteiger partial charge on any atom is 0.265 e. The molecule has 6 nitrogen and oxygen atoms in total. The number of rotatable bonds is 4. The Labute approximate surface area is 181 Å². The molecule has 0 unspecified atom stereocenters. The zero-order valence-corrected chi connectivity index (χ0v) is 18.1. The topological polar surface area (TPSA) is 79.4 Å². The number of pyridine rings is 1. The number of nitrogens with one attached hydrogen (secondary N) is 1. The highest BCUT2D eigenvalue weighted by molar-refractivity contribution is 9.10. The molecule has 1 aliphatic heterocycles. The summed E-state index contributed by atoms with van der Waals surface area (Å²) >= 11 is 9.49. The number of hydrogen-bond acceptors (Lipinski definition) is 4. The summed E-state index contributed by atoms with van der Waals surface area (Å²) < 4.78 is 28.7. The van der Waals surface area contributed by atoms with Crippen LogP contribution < -0.4 is 9.62 Å². The number of anilines is 2. The molecule has 0 atom stereocenters. The summed E-state index contributed by atoms with van der Waals surface area (Å²) in [7, 11) is -3.92. The van der Waals surface area contributed by atoms with Crippen molar-refractivity contribution >= 4 is 55.0 Å². The molecule has 0 bridgehead atoms. The minimum Gasteiger partial charge on any atom is -0.307 e. The van der Waals surface area contributed by atoms with Crippen molar-refractivity contribution in [2.75, 3.05) is 16.2 Å². The molecule has 0 saturated heterocycles. The van der Waals surface area contributed by atoms with Crippen LogP contribution in [-0.2, 0) is 16.4 Å². The molecule has 0 radical (unpaired) electrons. The average Bonchev–Trinajstić information content (AvgIpc) is 3.15. The lowest BCUT2D eigenvalue weighted by molar-refractivity contribution is 0.102. The molecule has 2 aromatic carbocycles. The van der Waals surface area contributed by atoms with Crippen LogP contribution >= 0.6 is 27.5 Å². The van der Waals surface area contributed by atoms with Gasteiger partial charge in [0.2, 0.25) is 0 Å². The Morgan fingerprint density at radius 1 is 1.14 bits per heavy atom. The molecule has 148 valence electrons. The van der Waals surface area contributed by atoms with Crippen molar-refractivity contribution in [3.63, 3.8) is 0 Å². The van der Waals surface area contributed by atoms with E-state index in [0.29, 0.717) is 24.5 Å². The Kier molecular flexibility index (Phi) is 5.33. The number of para-hydroxylation sites is 1. The van der Waals surface area contributed by atoms with Gasteiger partial charge in [-0.2, -0.15) is 0 Å². The van der Waals surface area contributed by atoms with Gasteiger partial charge in [-0.1, -0.05) is 29.8 Å². The van der Waals surface area contributed by atoms with Gasteiger partial charge in [0.25, 0.3) is 15.9 Å². The summed E-state index contributed by atoms with van der Waals surface area (Å²) in [5.74, 6) is -0.124. The molecule has 0 spiro atoms. The monoisotopic (exact) mass is 491 g/mol. The summed E-state index contributed by atoms with van der Waals surface area (Å²) in [6.07, 6.45) is 2.18. The molecule has 2 heterocycles. The Bertz CT molecular complexity index is 1200. The Balaban J connectivity index is 1.66. The molecule has 4 rings (SSSR count). The van der Waals surface area contributed by atoms with Gasteiger partial charge in [0.05, 0.1) is 10.7 Å². The van der Waals surface area contributed by atoms with Gasteiger partial charge >= 0.3 is 0 Å². The third-order valence-electron chi connectivity index (χ3n) is 4.57. The van der Waals surface area contributed by atoms with Crippen molar-refractivity contribution in [1.29, 1.82) is 0 Å². The highest BCUT2D eigenvalue weighted by Gasteiger charge is 2.32. The van der Waals surface area contributed by atoms with Crippen LogP contribution in [-0.4, -0.2) is 25.9 Å². The summed E-state index contributed by atoms with van der Waals surface area (Å²) in [6.45, 7) is 0.331. The molecule has 29 heavy (non-hydrogen) atoms. The van der Waals surface area contributed by atoms with E-state index >= 15 is 0 Å². The largest absolute Gasteiger partial charge is 0.307 e.